The second-order valence-electron chi connectivity index (χ2n) is 23.8. The van der Waals surface area contributed by atoms with Gasteiger partial charge in [0.05, 0.1) is 34.1 Å². The lowest BCUT2D eigenvalue weighted by molar-refractivity contribution is 0.565. The molecule has 6 heteroatoms. The number of anilines is 6. The van der Waals surface area contributed by atoms with Crippen molar-refractivity contribution in [1.82, 2.24) is 0 Å². The van der Waals surface area contributed by atoms with E-state index in [-0.39, 0.29) is 5.41 Å². The molecule has 0 unspecified atom stereocenters. The van der Waals surface area contributed by atoms with Crippen LogP contribution in [0.2, 0.25) is 0 Å². The van der Waals surface area contributed by atoms with E-state index in [4.69, 9.17) is 8.83 Å². The summed E-state index contributed by atoms with van der Waals surface area (Å²) >= 11 is 1.89. The Balaban J connectivity index is 1.01. The SMILES string of the molecule is Cc1ccc(N(c2ccc3c4c(c5ccccc5c3c2)-c2c(cc(N(c3ccc(C#N)cc3)c3cccc5c3oc3ccccc35)c3c2sc2ccccc23)C42c3ccccc3C(C)(C)c3ccccc32)c2cccc3c2oc2ccccc23)cc1. The molecule has 0 atom stereocenters. The molecule has 0 fully saturated rings. The van der Waals surface area contributed by atoms with E-state index >= 15 is 0 Å². The second-order valence-corrected chi connectivity index (χ2v) is 24.8. The zero-order valence-electron chi connectivity index (χ0n) is 47.3. The molecule has 3 heterocycles. The van der Waals surface area contributed by atoms with E-state index in [0.717, 1.165) is 83.4 Å². The third kappa shape index (κ3) is 6.52. The zero-order chi connectivity index (χ0) is 57.2. The van der Waals surface area contributed by atoms with E-state index < -0.39 is 5.41 Å². The van der Waals surface area contributed by atoms with E-state index in [1.807, 2.05) is 35.6 Å². The molecule has 0 N–H and O–H groups in total. The molecule has 13 aromatic carbocycles. The first-order valence-electron chi connectivity index (χ1n) is 29.5. The third-order valence-electron chi connectivity index (χ3n) is 19.0. The molecule has 0 aliphatic heterocycles. The average Bonchev–Trinajstić information content (AvgIpc) is 1.47. The van der Waals surface area contributed by atoms with Gasteiger partial charge in [0.1, 0.15) is 11.2 Å². The lowest BCUT2D eigenvalue weighted by Crippen LogP contribution is -2.40. The van der Waals surface area contributed by atoms with Crippen LogP contribution in [0.5, 0.6) is 0 Å². The summed E-state index contributed by atoms with van der Waals surface area (Å²) in [6.45, 7) is 6.96. The number of hydrogen-bond acceptors (Lipinski definition) is 6. The highest BCUT2D eigenvalue weighted by Crippen LogP contribution is 2.68. The van der Waals surface area contributed by atoms with Crippen LogP contribution in [-0.4, -0.2) is 0 Å². The van der Waals surface area contributed by atoms with Gasteiger partial charge in [-0.05, 0) is 152 Å². The Hall–Kier alpha value is -10.7. The zero-order valence-corrected chi connectivity index (χ0v) is 48.1. The number of thiophene rings is 1. The minimum Gasteiger partial charge on any atom is -0.454 e. The van der Waals surface area contributed by atoms with E-state index in [0.29, 0.717) is 5.56 Å². The van der Waals surface area contributed by atoms with Gasteiger partial charge in [-0.3, -0.25) is 0 Å². The fourth-order valence-electron chi connectivity index (χ4n) is 15.3. The molecule has 3 aromatic heterocycles. The van der Waals surface area contributed by atoms with E-state index in [1.165, 1.54) is 86.4 Å². The standard InChI is InChI=1S/C80H51N3O2S/c1-47-34-38-49(39-35-47)82(66-29-16-23-57-53-19-6-13-31-69(53)84-76(57)66)51-42-43-56-60(44-51)52-18-4-5-21-55(52)73-74-65(80(75(56)73)63-27-11-9-25-61(63)79(2,3)62-26-10-12-28-64(62)80)45-68(72-59-22-8-15-33-71(59)86-78(72)74)83(50-40-36-48(46-81)37-41-50)67-30-17-24-58-54-20-7-14-32-70(54)85-77(58)67/h4-45H,1-3H3. The summed E-state index contributed by atoms with van der Waals surface area (Å²) in [5, 5.41) is 21.6. The molecule has 2 aliphatic rings. The largest absolute Gasteiger partial charge is 0.454 e. The highest BCUT2D eigenvalue weighted by Gasteiger charge is 2.55. The van der Waals surface area contributed by atoms with Crippen molar-refractivity contribution in [2.24, 2.45) is 0 Å². The Kier molecular flexibility index (Phi) is 10.2. The van der Waals surface area contributed by atoms with Gasteiger partial charge >= 0.3 is 0 Å². The van der Waals surface area contributed by atoms with Gasteiger partial charge in [0.2, 0.25) is 0 Å². The van der Waals surface area contributed by atoms with Gasteiger partial charge in [0.25, 0.3) is 0 Å². The fourth-order valence-corrected chi connectivity index (χ4v) is 16.6. The van der Waals surface area contributed by atoms with Gasteiger partial charge in [0, 0.05) is 69.8 Å². The molecule has 0 saturated carbocycles. The minimum absolute atomic E-state index is 0.344. The molecule has 2 aliphatic carbocycles. The Morgan fingerprint density at radius 2 is 0.907 bits per heavy atom. The summed E-state index contributed by atoms with van der Waals surface area (Å²) in [4.78, 5) is 4.80. The van der Waals surface area contributed by atoms with Crippen LogP contribution in [0.15, 0.2) is 264 Å². The smallest absolute Gasteiger partial charge is 0.159 e. The number of rotatable bonds is 6. The Morgan fingerprint density at radius 1 is 0.395 bits per heavy atom. The maximum absolute atomic E-state index is 10.3. The normalized spacial score (nSPS) is 13.7. The Morgan fingerprint density at radius 3 is 1.55 bits per heavy atom. The molecule has 0 saturated heterocycles. The molecule has 5 nitrogen and oxygen atoms in total. The molecule has 16 aromatic rings. The van der Waals surface area contributed by atoms with Gasteiger partial charge in [-0.2, -0.15) is 5.26 Å². The molecule has 0 radical (unpaired) electrons. The molecule has 1 spiro atoms. The van der Waals surface area contributed by atoms with Crippen molar-refractivity contribution in [2.45, 2.75) is 31.6 Å². The van der Waals surface area contributed by atoms with Gasteiger partial charge in [-0.15, -0.1) is 11.3 Å². The van der Waals surface area contributed by atoms with Crippen molar-refractivity contribution >= 4 is 131 Å². The van der Waals surface area contributed by atoms with Crippen LogP contribution in [0.3, 0.4) is 0 Å². The first-order valence-corrected chi connectivity index (χ1v) is 30.3. The highest BCUT2D eigenvalue weighted by molar-refractivity contribution is 7.26. The van der Waals surface area contributed by atoms with Crippen molar-refractivity contribution < 1.29 is 8.83 Å². The minimum atomic E-state index is -0.839. The number of nitrogens with zero attached hydrogens (tertiary/aromatic N) is 3. The van der Waals surface area contributed by atoms with Crippen molar-refractivity contribution in [3.05, 3.63) is 299 Å². The topological polar surface area (TPSA) is 56.5 Å². The molecular formula is C80H51N3O2S. The summed E-state index contributed by atoms with van der Waals surface area (Å²) in [6.07, 6.45) is 0. The maximum Gasteiger partial charge on any atom is 0.159 e. The van der Waals surface area contributed by atoms with Crippen LogP contribution < -0.4 is 9.80 Å². The monoisotopic (exact) mass is 1120 g/mol. The van der Waals surface area contributed by atoms with Crippen LogP contribution in [-0.2, 0) is 10.8 Å². The summed E-state index contributed by atoms with van der Waals surface area (Å²) in [6, 6.07) is 95.5. The highest BCUT2D eigenvalue weighted by atomic mass is 32.1. The lowest BCUT2D eigenvalue weighted by atomic mass is 9.55. The van der Waals surface area contributed by atoms with Crippen molar-refractivity contribution in [3.8, 4) is 17.2 Å². The Labute approximate surface area is 500 Å². The van der Waals surface area contributed by atoms with E-state index in [1.54, 1.807) is 0 Å². The number of aryl methyl sites for hydroxylation is 1. The first kappa shape index (κ1) is 48.8. The van der Waals surface area contributed by atoms with Crippen LogP contribution >= 0.6 is 11.3 Å². The molecular weight excluding hydrogens is 1070 g/mol. The second kappa shape index (κ2) is 17.9. The van der Waals surface area contributed by atoms with E-state index in [2.05, 4.69) is 267 Å². The van der Waals surface area contributed by atoms with Crippen LogP contribution in [0.25, 0.3) is 96.7 Å². The lowest BCUT2D eigenvalue weighted by Gasteiger charge is -2.47. The number of para-hydroxylation sites is 4. The summed E-state index contributed by atoms with van der Waals surface area (Å²) in [5.41, 5.74) is 20.0. The quantitative estimate of drug-likeness (QED) is 0.155. The first-order chi connectivity index (χ1) is 42.3. The van der Waals surface area contributed by atoms with Crippen molar-refractivity contribution in [2.75, 3.05) is 9.80 Å². The molecule has 0 amide bonds. The predicted molar refractivity (Wildman–Crippen MR) is 357 cm³/mol. The molecule has 0 bridgehead atoms. The van der Waals surface area contributed by atoms with Crippen molar-refractivity contribution in [1.29, 1.82) is 5.26 Å². The fraction of sp³-hybridized carbons (Fsp3) is 0.0625. The molecule has 86 heavy (non-hydrogen) atoms. The maximum atomic E-state index is 10.3. The summed E-state index contributed by atoms with van der Waals surface area (Å²) < 4.78 is 16.3. The van der Waals surface area contributed by atoms with E-state index in [9.17, 15) is 5.26 Å². The number of hydrogen-bond donors (Lipinski definition) is 0. The van der Waals surface area contributed by atoms with Crippen molar-refractivity contribution in [3.63, 3.8) is 0 Å². The molecule has 18 rings (SSSR count). The Bertz CT molecular complexity index is 5570. The number of benzene rings is 13. The summed E-state index contributed by atoms with van der Waals surface area (Å²) in [5.74, 6) is 0. The van der Waals surface area contributed by atoms with Gasteiger partial charge in [0.15, 0.2) is 11.2 Å². The summed E-state index contributed by atoms with van der Waals surface area (Å²) in [7, 11) is 0. The van der Waals surface area contributed by atoms with Crippen LogP contribution in [0.4, 0.5) is 34.1 Å². The van der Waals surface area contributed by atoms with Crippen LogP contribution in [0, 0.1) is 18.3 Å². The number of fused-ring (bicyclic) bond motifs is 24. The van der Waals surface area contributed by atoms with Crippen LogP contribution in [0.1, 0.15) is 58.4 Å². The van der Waals surface area contributed by atoms with Gasteiger partial charge in [-0.25, -0.2) is 0 Å². The third-order valence-corrected chi connectivity index (χ3v) is 20.2. The average molecular weight is 1120 g/mol. The van der Waals surface area contributed by atoms with Gasteiger partial charge < -0.3 is 18.6 Å². The predicted octanol–water partition coefficient (Wildman–Crippen LogP) is 22.3. The number of furan rings is 2. The number of nitriles is 1. The molecule has 404 valence electrons. The van der Waals surface area contributed by atoms with Gasteiger partial charge in [-0.1, -0.05) is 189 Å².